The normalized spacial score (nSPS) is 14.5. The van der Waals surface area contributed by atoms with Crippen molar-refractivity contribution in [2.24, 2.45) is 0 Å². The second-order valence-corrected chi connectivity index (χ2v) is 12.8. The molecule has 3 aromatic carbocycles. The van der Waals surface area contributed by atoms with E-state index in [1.807, 2.05) is 0 Å². The highest BCUT2D eigenvalue weighted by Crippen LogP contribution is 2.48. The molecular weight excluding hydrogens is 400 g/mol. The van der Waals surface area contributed by atoms with Gasteiger partial charge in [-0.2, -0.15) is 0 Å². The maximum Gasteiger partial charge on any atom is 0.0140 e. The highest BCUT2D eigenvalue weighted by Gasteiger charge is 2.32. The average molecular weight is 435 g/mol. The van der Waals surface area contributed by atoms with Gasteiger partial charge in [-0.05, 0) is 109 Å². The fourth-order valence-electron chi connectivity index (χ4n) is 6.29. The van der Waals surface area contributed by atoms with Crippen LogP contribution in [0.15, 0.2) is 42.0 Å². The van der Waals surface area contributed by atoms with Crippen LogP contribution in [0.3, 0.4) is 0 Å². The Kier molecular flexibility index (Phi) is 5.21. The maximum atomic E-state index is 2.51. The zero-order chi connectivity index (χ0) is 22.7. The van der Waals surface area contributed by atoms with Gasteiger partial charge in [0.15, 0.2) is 0 Å². The first-order chi connectivity index (χ1) is 15.2. The van der Waals surface area contributed by atoms with Crippen molar-refractivity contribution >= 4 is 19.7 Å². The summed E-state index contributed by atoms with van der Waals surface area (Å²) in [4.78, 5) is 0. The molecule has 2 aliphatic carbocycles. The standard InChI is InChI=1S/C31H34Si/c1-18-11-19(2)14-23(13-18)28-25-9-8-10-26(25)29(24-15-20(3)12-21(4)16-24)30-27(28)17-22(5)31(30)32(6)7/h11-17H,8-10H2,1-7H3. The molecule has 0 heterocycles. The molecule has 5 rings (SSSR count). The lowest BCUT2D eigenvalue weighted by Crippen LogP contribution is -2.14. The molecule has 0 amide bonds. The number of hydrogen-bond acceptors (Lipinski definition) is 0. The SMILES string of the molecule is CC1=Cc2c(c(-c3cc(C)cc(C)c3)c3c(c2-c2cc(C)cc(C)c2)CCC3)C1=[Si](C)C. The number of allylic oxidation sites excluding steroid dienone is 1. The van der Waals surface area contributed by atoms with Gasteiger partial charge in [0.2, 0.25) is 0 Å². The van der Waals surface area contributed by atoms with E-state index in [0.717, 1.165) is 0 Å². The third kappa shape index (κ3) is 3.38. The van der Waals surface area contributed by atoms with Gasteiger partial charge >= 0.3 is 0 Å². The van der Waals surface area contributed by atoms with E-state index in [1.165, 1.54) is 69.3 Å². The number of fused-ring (bicyclic) bond motifs is 2. The first-order valence-corrected chi connectivity index (χ1v) is 14.5. The predicted molar refractivity (Wildman–Crippen MR) is 144 cm³/mol. The molecule has 32 heavy (non-hydrogen) atoms. The van der Waals surface area contributed by atoms with Crippen LogP contribution in [0.2, 0.25) is 13.1 Å². The summed E-state index contributed by atoms with van der Waals surface area (Å²) in [5, 5.41) is 1.64. The molecule has 0 aliphatic heterocycles. The van der Waals surface area contributed by atoms with Crippen LogP contribution >= 0.6 is 0 Å². The number of rotatable bonds is 2. The Labute approximate surface area is 195 Å². The van der Waals surface area contributed by atoms with Crippen LogP contribution in [-0.4, -0.2) is 13.6 Å². The second-order valence-electron chi connectivity index (χ2n) is 10.3. The summed E-state index contributed by atoms with van der Waals surface area (Å²) in [5.74, 6) is 0. The van der Waals surface area contributed by atoms with E-state index in [4.69, 9.17) is 0 Å². The molecule has 0 N–H and O–H groups in total. The summed E-state index contributed by atoms with van der Waals surface area (Å²) >= 11 is 0. The summed E-state index contributed by atoms with van der Waals surface area (Å²) in [7, 11) is -0.604. The van der Waals surface area contributed by atoms with Crippen molar-refractivity contribution in [3.8, 4) is 22.3 Å². The average Bonchev–Trinajstić information content (AvgIpc) is 3.27. The van der Waals surface area contributed by atoms with Crippen LogP contribution in [0.1, 0.15) is 57.9 Å². The lowest BCUT2D eigenvalue weighted by atomic mass is 9.82. The summed E-state index contributed by atoms with van der Waals surface area (Å²) in [5.41, 5.74) is 19.1. The monoisotopic (exact) mass is 434 g/mol. The molecule has 0 fully saturated rings. The molecule has 0 bridgehead atoms. The van der Waals surface area contributed by atoms with Gasteiger partial charge in [-0.25, -0.2) is 0 Å². The molecule has 2 aliphatic rings. The molecular formula is C31H34Si. The largest absolute Gasteiger partial charge is 0.0563 e. The van der Waals surface area contributed by atoms with Crippen LogP contribution in [0.25, 0.3) is 28.3 Å². The lowest BCUT2D eigenvalue weighted by Gasteiger charge is -2.23. The van der Waals surface area contributed by atoms with Gasteiger partial charge in [0, 0.05) is 8.41 Å². The highest BCUT2D eigenvalue weighted by atomic mass is 28.2. The van der Waals surface area contributed by atoms with E-state index in [-0.39, 0.29) is 0 Å². The van der Waals surface area contributed by atoms with E-state index in [0.29, 0.717) is 0 Å². The van der Waals surface area contributed by atoms with Crippen LogP contribution in [0.5, 0.6) is 0 Å². The Balaban J connectivity index is 1.95. The van der Waals surface area contributed by atoms with Gasteiger partial charge in [-0.1, -0.05) is 77.8 Å². The Bertz CT molecular complexity index is 1300. The van der Waals surface area contributed by atoms with Gasteiger partial charge in [0.1, 0.15) is 0 Å². The topological polar surface area (TPSA) is 0 Å². The van der Waals surface area contributed by atoms with Gasteiger partial charge < -0.3 is 0 Å². The van der Waals surface area contributed by atoms with Gasteiger partial charge in [-0.3, -0.25) is 0 Å². The molecule has 3 aromatic rings. The van der Waals surface area contributed by atoms with Gasteiger partial charge in [0.25, 0.3) is 0 Å². The van der Waals surface area contributed by atoms with Crippen LogP contribution in [-0.2, 0) is 12.8 Å². The van der Waals surface area contributed by atoms with Crippen molar-refractivity contribution in [1.82, 2.24) is 0 Å². The van der Waals surface area contributed by atoms with Crippen molar-refractivity contribution in [1.29, 1.82) is 0 Å². The lowest BCUT2D eigenvalue weighted by molar-refractivity contribution is 0.912. The third-order valence-electron chi connectivity index (χ3n) is 7.14. The van der Waals surface area contributed by atoms with Crippen molar-refractivity contribution in [3.63, 3.8) is 0 Å². The quantitative estimate of drug-likeness (QED) is 0.358. The zero-order valence-corrected chi connectivity index (χ0v) is 21.7. The number of benzene rings is 3. The van der Waals surface area contributed by atoms with Gasteiger partial charge in [0.05, 0.1) is 0 Å². The second kappa shape index (κ2) is 7.81. The smallest absolute Gasteiger partial charge is 0.0140 e. The summed E-state index contributed by atoms with van der Waals surface area (Å²) in [6.07, 6.45) is 6.17. The molecule has 0 spiro atoms. The van der Waals surface area contributed by atoms with Crippen molar-refractivity contribution in [3.05, 3.63) is 86.5 Å². The van der Waals surface area contributed by atoms with E-state index in [1.54, 1.807) is 27.4 Å². The van der Waals surface area contributed by atoms with Crippen LogP contribution in [0.4, 0.5) is 0 Å². The first-order valence-electron chi connectivity index (χ1n) is 12.0. The minimum Gasteiger partial charge on any atom is -0.0563 e. The summed E-state index contributed by atoms with van der Waals surface area (Å²) < 4.78 is 0. The fourth-order valence-corrected chi connectivity index (χ4v) is 7.91. The third-order valence-corrected chi connectivity index (χ3v) is 8.78. The molecule has 162 valence electrons. The molecule has 0 saturated carbocycles. The van der Waals surface area contributed by atoms with Crippen LogP contribution in [0, 0.1) is 27.7 Å². The van der Waals surface area contributed by atoms with Gasteiger partial charge in [-0.15, -0.1) is 0 Å². The highest BCUT2D eigenvalue weighted by molar-refractivity contribution is 6.76. The van der Waals surface area contributed by atoms with Crippen LogP contribution < -0.4 is 0 Å². The Morgan fingerprint density at radius 1 is 0.594 bits per heavy atom. The fraction of sp³-hybridized carbons (Fsp3) is 0.323. The van der Waals surface area contributed by atoms with E-state index in [9.17, 15) is 0 Å². The molecule has 0 radical (unpaired) electrons. The minimum absolute atomic E-state index is 0.604. The Hall–Kier alpha value is -2.51. The van der Waals surface area contributed by atoms with Crippen molar-refractivity contribution < 1.29 is 0 Å². The van der Waals surface area contributed by atoms with E-state index < -0.39 is 8.41 Å². The minimum atomic E-state index is -0.604. The first kappa shape index (κ1) is 21.3. The molecule has 0 saturated heterocycles. The summed E-state index contributed by atoms with van der Waals surface area (Å²) in [6, 6.07) is 14.2. The molecule has 1 heteroatoms. The van der Waals surface area contributed by atoms with E-state index >= 15 is 0 Å². The van der Waals surface area contributed by atoms with E-state index in [2.05, 4.69) is 90.2 Å². The Morgan fingerprint density at radius 2 is 1.06 bits per heavy atom. The molecule has 0 unspecified atom stereocenters. The predicted octanol–water partition coefficient (Wildman–Crippen LogP) is 8.02. The Morgan fingerprint density at radius 3 is 1.56 bits per heavy atom. The zero-order valence-electron chi connectivity index (χ0n) is 20.7. The maximum absolute atomic E-state index is 2.51. The molecule has 0 atom stereocenters. The number of hydrogen-bond donors (Lipinski definition) is 0. The molecule has 0 aromatic heterocycles. The van der Waals surface area contributed by atoms with Crippen molar-refractivity contribution in [2.75, 3.05) is 0 Å². The molecule has 0 nitrogen and oxygen atoms in total. The van der Waals surface area contributed by atoms with Crippen molar-refractivity contribution in [2.45, 2.75) is 67.0 Å². The summed E-state index contributed by atoms with van der Waals surface area (Å²) in [6.45, 7) is 16.2. The number of aryl methyl sites for hydroxylation is 4.